The van der Waals surface area contributed by atoms with Gasteiger partial charge in [0.2, 0.25) is 0 Å². The predicted molar refractivity (Wildman–Crippen MR) is 84.3 cm³/mol. The first-order chi connectivity index (χ1) is 10.2. The van der Waals surface area contributed by atoms with E-state index in [-0.39, 0.29) is 12.0 Å². The molecule has 3 nitrogen and oxygen atoms in total. The lowest BCUT2D eigenvalue weighted by molar-refractivity contribution is -0.151. The number of rotatable bonds is 4. The van der Waals surface area contributed by atoms with Gasteiger partial charge in [0, 0.05) is 12.6 Å². The Balaban J connectivity index is 1.80. The highest BCUT2D eigenvalue weighted by Gasteiger charge is 2.41. The van der Waals surface area contributed by atoms with Crippen LogP contribution in [0.3, 0.4) is 0 Å². The van der Waals surface area contributed by atoms with Crippen molar-refractivity contribution in [3.63, 3.8) is 0 Å². The van der Waals surface area contributed by atoms with Crippen molar-refractivity contribution in [1.29, 1.82) is 0 Å². The Bertz CT molecular complexity index is 465. The number of aliphatic hydroxyl groups excluding tert-OH is 1. The molecule has 0 amide bonds. The number of benzene rings is 1. The fourth-order valence-corrected chi connectivity index (χ4v) is 3.67. The molecule has 0 radical (unpaired) electrons. The Hall–Kier alpha value is -0.900. The molecule has 2 aliphatic heterocycles. The van der Waals surface area contributed by atoms with Crippen molar-refractivity contribution in [3.8, 4) is 0 Å². The quantitative estimate of drug-likeness (QED) is 0.925. The summed E-state index contributed by atoms with van der Waals surface area (Å²) in [6.45, 7) is 5.92. The smallest absolute Gasteiger partial charge is 0.0579 e. The molecule has 0 bridgehead atoms. The number of hydrogen-bond acceptors (Lipinski definition) is 3. The van der Waals surface area contributed by atoms with Crippen molar-refractivity contribution in [3.05, 3.63) is 35.4 Å². The third kappa shape index (κ3) is 3.31. The molecular weight excluding hydrogens is 262 g/mol. The molecule has 116 valence electrons. The third-order valence-corrected chi connectivity index (χ3v) is 4.98. The number of aryl methyl sites for hydroxylation is 1. The summed E-state index contributed by atoms with van der Waals surface area (Å²) in [5, 5.41) is 9.73. The van der Waals surface area contributed by atoms with E-state index in [1.54, 1.807) is 0 Å². The highest BCUT2D eigenvalue weighted by molar-refractivity contribution is 5.25. The van der Waals surface area contributed by atoms with Crippen molar-refractivity contribution in [2.24, 2.45) is 5.41 Å². The molecule has 2 aliphatic rings. The first-order valence-corrected chi connectivity index (χ1v) is 8.22. The zero-order chi connectivity index (χ0) is 14.7. The standard InChI is InChI=1S/C18H27NO2/c1-15-6-5-7-16(10-15)17-8-3-2-4-9-19(17)11-18(12-20)13-21-14-18/h5-7,10,17,20H,2-4,8-9,11-14H2,1H3. The topological polar surface area (TPSA) is 32.7 Å². The van der Waals surface area contributed by atoms with E-state index in [1.807, 2.05) is 0 Å². The fourth-order valence-electron chi connectivity index (χ4n) is 3.67. The maximum absolute atomic E-state index is 9.73. The Kier molecular flexibility index (Phi) is 4.63. The van der Waals surface area contributed by atoms with Crippen LogP contribution in [0.2, 0.25) is 0 Å². The molecule has 0 aromatic heterocycles. The number of hydrogen-bond donors (Lipinski definition) is 1. The highest BCUT2D eigenvalue weighted by atomic mass is 16.5. The van der Waals surface area contributed by atoms with E-state index in [9.17, 15) is 5.11 Å². The SMILES string of the molecule is Cc1cccc(C2CCCCCN2CC2(CO)COC2)c1. The molecule has 1 atom stereocenters. The van der Waals surface area contributed by atoms with Crippen LogP contribution in [-0.4, -0.2) is 42.9 Å². The van der Waals surface area contributed by atoms with Crippen molar-refractivity contribution >= 4 is 0 Å². The van der Waals surface area contributed by atoms with Crippen molar-refractivity contribution in [1.82, 2.24) is 4.90 Å². The molecule has 3 rings (SSSR count). The van der Waals surface area contributed by atoms with Crippen LogP contribution in [0.15, 0.2) is 24.3 Å². The Morgan fingerprint density at radius 1 is 1.29 bits per heavy atom. The van der Waals surface area contributed by atoms with Crippen LogP contribution in [0.5, 0.6) is 0 Å². The average Bonchev–Trinajstić information content (AvgIpc) is 2.68. The summed E-state index contributed by atoms with van der Waals surface area (Å²) in [7, 11) is 0. The molecule has 2 saturated heterocycles. The molecule has 1 aromatic carbocycles. The molecule has 1 N–H and O–H groups in total. The minimum atomic E-state index is -0.0214. The van der Waals surface area contributed by atoms with E-state index in [2.05, 4.69) is 36.1 Å². The lowest BCUT2D eigenvalue weighted by Gasteiger charge is -2.45. The van der Waals surface area contributed by atoms with E-state index in [4.69, 9.17) is 4.74 Å². The molecular formula is C18H27NO2. The summed E-state index contributed by atoms with van der Waals surface area (Å²) in [5.74, 6) is 0. The van der Waals surface area contributed by atoms with E-state index in [1.165, 1.54) is 36.8 Å². The van der Waals surface area contributed by atoms with Gasteiger partial charge >= 0.3 is 0 Å². The van der Waals surface area contributed by atoms with Crippen LogP contribution >= 0.6 is 0 Å². The second-order valence-corrected chi connectivity index (χ2v) is 6.90. The Morgan fingerprint density at radius 3 is 2.81 bits per heavy atom. The second-order valence-electron chi connectivity index (χ2n) is 6.90. The van der Waals surface area contributed by atoms with Crippen LogP contribution in [0.4, 0.5) is 0 Å². The monoisotopic (exact) mass is 289 g/mol. The van der Waals surface area contributed by atoms with Gasteiger partial charge in [0.1, 0.15) is 0 Å². The number of likely N-dealkylation sites (tertiary alicyclic amines) is 1. The van der Waals surface area contributed by atoms with Gasteiger partial charge in [0.15, 0.2) is 0 Å². The van der Waals surface area contributed by atoms with Gasteiger partial charge in [0.25, 0.3) is 0 Å². The number of ether oxygens (including phenoxy) is 1. The van der Waals surface area contributed by atoms with Gasteiger partial charge in [-0.2, -0.15) is 0 Å². The van der Waals surface area contributed by atoms with Crippen LogP contribution < -0.4 is 0 Å². The van der Waals surface area contributed by atoms with E-state index >= 15 is 0 Å². The summed E-state index contributed by atoms with van der Waals surface area (Å²) in [6.07, 6.45) is 5.12. The van der Waals surface area contributed by atoms with E-state index < -0.39 is 0 Å². The normalized spacial score (nSPS) is 26.1. The first-order valence-electron chi connectivity index (χ1n) is 8.22. The number of nitrogens with zero attached hydrogens (tertiary/aromatic N) is 1. The highest BCUT2D eigenvalue weighted by Crippen LogP contribution is 2.35. The molecule has 21 heavy (non-hydrogen) atoms. The van der Waals surface area contributed by atoms with Gasteiger partial charge in [-0.1, -0.05) is 42.7 Å². The van der Waals surface area contributed by atoms with Crippen molar-refractivity contribution < 1.29 is 9.84 Å². The Labute approximate surface area is 127 Å². The maximum Gasteiger partial charge on any atom is 0.0579 e. The lowest BCUT2D eigenvalue weighted by atomic mass is 9.85. The second kappa shape index (κ2) is 6.47. The van der Waals surface area contributed by atoms with Crippen LogP contribution in [0.25, 0.3) is 0 Å². The molecule has 3 heteroatoms. The summed E-state index contributed by atoms with van der Waals surface area (Å²) in [5.41, 5.74) is 2.75. The molecule has 2 fully saturated rings. The van der Waals surface area contributed by atoms with Gasteiger partial charge < -0.3 is 9.84 Å². The molecule has 2 heterocycles. The minimum Gasteiger partial charge on any atom is -0.396 e. The van der Waals surface area contributed by atoms with Crippen LogP contribution in [-0.2, 0) is 4.74 Å². The van der Waals surface area contributed by atoms with Gasteiger partial charge in [-0.15, -0.1) is 0 Å². The molecule has 1 unspecified atom stereocenters. The molecule has 0 spiro atoms. The van der Waals surface area contributed by atoms with E-state index in [0.717, 1.165) is 13.1 Å². The van der Waals surface area contributed by atoms with Gasteiger partial charge in [-0.05, 0) is 31.9 Å². The van der Waals surface area contributed by atoms with E-state index in [0.29, 0.717) is 19.3 Å². The number of aliphatic hydroxyl groups is 1. The largest absolute Gasteiger partial charge is 0.396 e. The summed E-state index contributed by atoms with van der Waals surface area (Å²) in [6, 6.07) is 9.42. The fraction of sp³-hybridized carbons (Fsp3) is 0.667. The minimum absolute atomic E-state index is 0.0214. The predicted octanol–water partition coefficient (Wildman–Crippen LogP) is 2.92. The van der Waals surface area contributed by atoms with Gasteiger partial charge in [-0.3, -0.25) is 4.90 Å². The lowest BCUT2D eigenvalue weighted by Crippen LogP contribution is -2.53. The van der Waals surface area contributed by atoms with Crippen LogP contribution in [0.1, 0.15) is 42.9 Å². The van der Waals surface area contributed by atoms with Crippen molar-refractivity contribution in [2.45, 2.75) is 38.6 Å². The first kappa shape index (κ1) is 15.0. The summed E-state index contributed by atoms with van der Waals surface area (Å²) >= 11 is 0. The summed E-state index contributed by atoms with van der Waals surface area (Å²) in [4.78, 5) is 2.60. The zero-order valence-electron chi connectivity index (χ0n) is 13.1. The molecule has 0 saturated carbocycles. The Morgan fingerprint density at radius 2 is 2.14 bits per heavy atom. The maximum atomic E-state index is 9.73. The van der Waals surface area contributed by atoms with Crippen LogP contribution in [0, 0.1) is 12.3 Å². The average molecular weight is 289 g/mol. The third-order valence-electron chi connectivity index (χ3n) is 4.98. The molecule has 0 aliphatic carbocycles. The summed E-state index contributed by atoms with van der Waals surface area (Å²) < 4.78 is 5.38. The van der Waals surface area contributed by atoms with Gasteiger partial charge in [-0.25, -0.2) is 0 Å². The zero-order valence-corrected chi connectivity index (χ0v) is 13.1. The van der Waals surface area contributed by atoms with Gasteiger partial charge in [0.05, 0.1) is 25.2 Å². The molecule has 1 aromatic rings. The van der Waals surface area contributed by atoms with Crippen molar-refractivity contribution in [2.75, 3.05) is 32.9 Å².